The fourth-order valence-electron chi connectivity index (χ4n) is 3.21. The first kappa shape index (κ1) is 19.3. The number of furan rings is 1. The average Bonchev–Trinajstić information content (AvgIpc) is 3.14. The zero-order chi connectivity index (χ0) is 21.1. The predicted octanol–water partition coefficient (Wildman–Crippen LogP) is 4.62. The minimum atomic E-state index is -0.524. The molecule has 0 saturated heterocycles. The number of carbonyl (C=O) groups excluding carboxylic acids is 1. The minimum absolute atomic E-state index is 0.336. The average molecular weight is 402 g/mol. The van der Waals surface area contributed by atoms with Gasteiger partial charge in [-0.3, -0.25) is 9.78 Å². The van der Waals surface area contributed by atoms with Gasteiger partial charge in [0.15, 0.2) is 0 Å². The molecule has 0 aliphatic carbocycles. The van der Waals surface area contributed by atoms with Crippen molar-refractivity contribution < 1.29 is 13.6 Å². The van der Waals surface area contributed by atoms with Crippen molar-refractivity contribution in [1.29, 1.82) is 0 Å². The van der Waals surface area contributed by atoms with Crippen LogP contribution in [0.3, 0.4) is 0 Å². The number of amides is 1. The van der Waals surface area contributed by atoms with E-state index in [0.29, 0.717) is 40.3 Å². The molecule has 0 aliphatic heterocycles. The van der Waals surface area contributed by atoms with Gasteiger partial charge in [0.2, 0.25) is 5.91 Å². The Labute approximate surface area is 172 Å². The Bertz CT molecular complexity index is 1200. The number of aryl methyl sites for hydroxylation is 1. The number of hydrogen-bond acceptors (Lipinski definition) is 5. The molecule has 6 nitrogen and oxygen atoms in total. The number of primary amides is 1. The van der Waals surface area contributed by atoms with Crippen molar-refractivity contribution >= 4 is 17.4 Å². The zero-order valence-electron chi connectivity index (χ0n) is 16.2. The third-order valence-electron chi connectivity index (χ3n) is 4.62. The van der Waals surface area contributed by atoms with Crippen LogP contribution in [0.4, 0.5) is 15.9 Å². The van der Waals surface area contributed by atoms with Crippen molar-refractivity contribution in [1.82, 2.24) is 9.97 Å². The van der Waals surface area contributed by atoms with E-state index < -0.39 is 5.91 Å². The van der Waals surface area contributed by atoms with Crippen LogP contribution in [0.5, 0.6) is 0 Å². The summed E-state index contributed by atoms with van der Waals surface area (Å²) >= 11 is 0. The lowest BCUT2D eigenvalue weighted by Gasteiger charge is -2.14. The van der Waals surface area contributed by atoms with E-state index in [1.807, 2.05) is 25.1 Å². The van der Waals surface area contributed by atoms with E-state index in [4.69, 9.17) is 10.2 Å². The van der Waals surface area contributed by atoms with Gasteiger partial charge >= 0.3 is 0 Å². The number of benzene rings is 2. The van der Waals surface area contributed by atoms with Crippen LogP contribution in [-0.2, 0) is 6.42 Å². The molecular formula is C23H19FN4O2. The van der Waals surface area contributed by atoms with Crippen LogP contribution < -0.4 is 11.1 Å². The van der Waals surface area contributed by atoms with Crippen molar-refractivity contribution in [3.8, 4) is 11.3 Å². The Morgan fingerprint density at radius 1 is 1.10 bits per heavy atom. The van der Waals surface area contributed by atoms with Gasteiger partial charge < -0.3 is 15.5 Å². The highest BCUT2D eigenvalue weighted by molar-refractivity contribution is 5.96. The Morgan fingerprint density at radius 2 is 1.93 bits per heavy atom. The van der Waals surface area contributed by atoms with Crippen LogP contribution in [0, 0.1) is 12.7 Å². The number of anilines is 2. The van der Waals surface area contributed by atoms with Crippen molar-refractivity contribution in [3.63, 3.8) is 0 Å². The van der Waals surface area contributed by atoms with E-state index in [9.17, 15) is 9.18 Å². The fraction of sp³-hybridized carbons (Fsp3) is 0.0870. The lowest BCUT2D eigenvalue weighted by Crippen LogP contribution is -2.15. The van der Waals surface area contributed by atoms with Gasteiger partial charge in [0, 0.05) is 23.2 Å². The van der Waals surface area contributed by atoms with Crippen molar-refractivity contribution in [2.24, 2.45) is 5.73 Å². The highest BCUT2D eigenvalue weighted by atomic mass is 19.1. The molecule has 0 spiro atoms. The second-order valence-electron chi connectivity index (χ2n) is 6.81. The molecule has 30 heavy (non-hydrogen) atoms. The molecule has 0 saturated carbocycles. The normalized spacial score (nSPS) is 10.7. The molecule has 150 valence electrons. The van der Waals surface area contributed by atoms with Gasteiger partial charge in [-0.25, -0.2) is 9.37 Å². The molecule has 2 aromatic heterocycles. The number of aromatic nitrogens is 2. The molecule has 0 unspecified atom stereocenters. The van der Waals surface area contributed by atoms with Gasteiger partial charge in [0.25, 0.3) is 0 Å². The molecule has 4 aromatic rings. The van der Waals surface area contributed by atoms with Crippen LogP contribution in [0.1, 0.15) is 27.4 Å². The number of rotatable bonds is 6. The Balaban J connectivity index is 1.64. The summed E-state index contributed by atoms with van der Waals surface area (Å²) in [4.78, 5) is 20.7. The summed E-state index contributed by atoms with van der Waals surface area (Å²) in [6.45, 7) is 1.86. The standard InChI is InChI=1S/C23H19FN4O2/c1-14-8-9-17(30-14)11-19-18(23(25)29)6-3-7-20(19)28-22-13-26-21(12-27-22)15-4-2-5-16(24)10-15/h2-10,12-13H,11H2,1H3,(H2,25,29)(H,27,28). The maximum absolute atomic E-state index is 13.4. The SMILES string of the molecule is Cc1ccc(Cc2c(Nc3cnc(-c4cccc(F)c4)cn3)cccc2C(N)=O)o1. The second kappa shape index (κ2) is 8.16. The number of nitrogens with two attached hydrogens (primary N) is 1. The Hall–Kier alpha value is -4.00. The molecule has 2 heterocycles. The first-order valence-corrected chi connectivity index (χ1v) is 9.31. The zero-order valence-corrected chi connectivity index (χ0v) is 16.2. The molecule has 7 heteroatoms. The van der Waals surface area contributed by atoms with E-state index >= 15 is 0 Å². The number of halogens is 1. The van der Waals surface area contributed by atoms with Crippen LogP contribution >= 0.6 is 0 Å². The summed E-state index contributed by atoms with van der Waals surface area (Å²) in [5.74, 6) is 1.13. The smallest absolute Gasteiger partial charge is 0.249 e. The lowest BCUT2D eigenvalue weighted by molar-refractivity contribution is 0.0999. The van der Waals surface area contributed by atoms with E-state index in [0.717, 1.165) is 11.5 Å². The van der Waals surface area contributed by atoms with Gasteiger partial charge in [-0.15, -0.1) is 0 Å². The van der Waals surface area contributed by atoms with E-state index in [1.54, 1.807) is 36.7 Å². The minimum Gasteiger partial charge on any atom is -0.466 e. The monoisotopic (exact) mass is 402 g/mol. The summed E-state index contributed by atoms with van der Waals surface area (Å²) in [6.07, 6.45) is 3.51. The molecule has 0 fully saturated rings. The van der Waals surface area contributed by atoms with Gasteiger partial charge in [0.1, 0.15) is 23.2 Å². The summed E-state index contributed by atoms with van der Waals surface area (Å²) in [7, 11) is 0. The number of nitrogens with zero attached hydrogens (tertiary/aromatic N) is 2. The van der Waals surface area contributed by atoms with Crippen LogP contribution in [-0.4, -0.2) is 15.9 Å². The Morgan fingerprint density at radius 3 is 2.60 bits per heavy atom. The van der Waals surface area contributed by atoms with Gasteiger partial charge in [-0.05, 0) is 48.9 Å². The summed E-state index contributed by atoms with van der Waals surface area (Å²) in [5.41, 5.74) is 8.55. The molecule has 2 aromatic carbocycles. The van der Waals surface area contributed by atoms with Gasteiger partial charge in [-0.1, -0.05) is 18.2 Å². The molecule has 3 N–H and O–H groups in total. The summed E-state index contributed by atoms with van der Waals surface area (Å²) < 4.78 is 19.1. The third-order valence-corrected chi connectivity index (χ3v) is 4.62. The molecule has 0 radical (unpaired) electrons. The van der Waals surface area contributed by atoms with Crippen molar-refractivity contribution in [2.75, 3.05) is 5.32 Å². The topological polar surface area (TPSA) is 94.0 Å². The maximum Gasteiger partial charge on any atom is 0.249 e. The molecule has 1 amide bonds. The molecular weight excluding hydrogens is 383 g/mol. The number of hydrogen-bond donors (Lipinski definition) is 2. The highest BCUT2D eigenvalue weighted by Crippen LogP contribution is 2.27. The highest BCUT2D eigenvalue weighted by Gasteiger charge is 2.15. The summed E-state index contributed by atoms with van der Waals surface area (Å²) in [6, 6.07) is 15.1. The van der Waals surface area contributed by atoms with E-state index in [2.05, 4.69) is 15.3 Å². The van der Waals surface area contributed by atoms with Crippen LogP contribution in [0.25, 0.3) is 11.3 Å². The predicted molar refractivity (Wildman–Crippen MR) is 112 cm³/mol. The summed E-state index contributed by atoms with van der Waals surface area (Å²) in [5, 5.41) is 3.19. The lowest BCUT2D eigenvalue weighted by atomic mass is 10.0. The molecule has 4 rings (SSSR count). The first-order chi connectivity index (χ1) is 14.5. The van der Waals surface area contributed by atoms with Gasteiger partial charge in [0.05, 0.1) is 18.1 Å². The van der Waals surface area contributed by atoms with Crippen molar-refractivity contribution in [3.05, 3.63) is 95.5 Å². The van der Waals surface area contributed by atoms with Crippen LogP contribution in [0.15, 0.2) is 71.4 Å². The molecule has 0 aliphatic rings. The quantitative estimate of drug-likeness (QED) is 0.491. The third kappa shape index (κ3) is 4.20. The Kier molecular flexibility index (Phi) is 5.26. The number of nitrogens with one attached hydrogen (secondary N) is 1. The molecule has 0 atom stereocenters. The second-order valence-corrected chi connectivity index (χ2v) is 6.81. The van der Waals surface area contributed by atoms with Crippen LogP contribution in [0.2, 0.25) is 0 Å². The largest absolute Gasteiger partial charge is 0.466 e. The fourth-order valence-corrected chi connectivity index (χ4v) is 3.21. The first-order valence-electron chi connectivity index (χ1n) is 9.31. The van der Waals surface area contributed by atoms with Crippen molar-refractivity contribution in [2.45, 2.75) is 13.3 Å². The number of carbonyl (C=O) groups is 1. The van der Waals surface area contributed by atoms with Gasteiger partial charge in [-0.2, -0.15) is 0 Å². The van der Waals surface area contributed by atoms with E-state index in [1.165, 1.54) is 12.1 Å². The maximum atomic E-state index is 13.4. The molecule has 0 bridgehead atoms. The van der Waals surface area contributed by atoms with E-state index in [-0.39, 0.29) is 5.82 Å².